The molecular formula is C17H13ClF2N2O2S. The Kier molecular flexibility index (Phi) is 3.70. The van der Waals surface area contributed by atoms with Gasteiger partial charge >= 0.3 is 5.44 Å². The van der Waals surface area contributed by atoms with Crippen molar-refractivity contribution in [1.82, 2.24) is 4.98 Å². The predicted molar refractivity (Wildman–Crippen MR) is 91.4 cm³/mol. The van der Waals surface area contributed by atoms with Crippen molar-refractivity contribution in [3.05, 3.63) is 46.6 Å². The summed E-state index contributed by atoms with van der Waals surface area (Å²) in [6.45, 7) is 1.85. The first kappa shape index (κ1) is 16.6. The fourth-order valence-corrected chi connectivity index (χ4v) is 3.93. The van der Waals surface area contributed by atoms with E-state index in [1.54, 1.807) is 24.3 Å². The lowest BCUT2D eigenvalue weighted by atomic mass is 9.94. The summed E-state index contributed by atoms with van der Waals surface area (Å²) in [4.78, 5) is 17.2. The molecular weight excluding hydrogens is 370 g/mol. The zero-order valence-corrected chi connectivity index (χ0v) is 14.7. The number of thioether (sulfide) groups is 1. The lowest BCUT2D eigenvalue weighted by Crippen LogP contribution is -2.28. The van der Waals surface area contributed by atoms with Crippen molar-refractivity contribution in [2.45, 2.75) is 35.5 Å². The molecule has 1 aliphatic heterocycles. The highest BCUT2D eigenvalue weighted by Gasteiger charge is 2.52. The van der Waals surface area contributed by atoms with Crippen LogP contribution in [-0.4, -0.2) is 16.3 Å². The number of anilines is 1. The Morgan fingerprint density at radius 1 is 1.32 bits per heavy atom. The maximum absolute atomic E-state index is 13.3. The monoisotopic (exact) mass is 382 g/mol. The molecule has 1 fully saturated rings. The van der Waals surface area contributed by atoms with E-state index < -0.39 is 10.9 Å². The second-order valence-electron chi connectivity index (χ2n) is 6.22. The molecule has 0 bridgehead atoms. The average Bonchev–Trinajstić information content (AvgIpc) is 3.23. The van der Waals surface area contributed by atoms with E-state index in [0.29, 0.717) is 46.0 Å². The molecule has 1 saturated carbocycles. The van der Waals surface area contributed by atoms with Gasteiger partial charge in [-0.15, -0.1) is 0 Å². The number of pyridine rings is 1. The Labute approximate surface area is 151 Å². The first-order valence-electron chi connectivity index (χ1n) is 7.63. The lowest BCUT2D eigenvalue weighted by Gasteiger charge is -2.16. The summed E-state index contributed by atoms with van der Waals surface area (Å²) in [6, 6.07) is 8.24. The Bertz CT molecular complexity index is 867. The van der Waals surface area contributed by atoms with Crippen LogP contribution in [0.1, 0.15) is 24.0 Å². The molecule has 4 rings (SSSR count). The zero-order chi connectivity index (χ0) is 17.8. The fourth-order valence-electron chi connectivity index (χ4n) is 2.94. The second kappa shape index (κ2) is 5.57. The quantitative estimate of drug-likeness (QED) is 0.778. The van der Waals surface area contributed by atoms with Gasteiger partial charge in [-0.25, -0.2) is 4.98 Å². The smallest absolute Gasteiger partial charge is 0.423 e. The maximum Gasteiger partial charge on any atom is 0.457 e. The normalized spacial score (nSPS) is 19.0. The molecule has 1 N–H and O–H groups in total. The lowest BCUT2D eigenvalue weighted by molar-refractivity contribution is -0.118. The summed E-state index contributed by atoms with van der Waals surface area (Å²) >= 11 is 6.29. The molecule has 0 atom stereocenters. The number of rotatable bonds is 3. The van der Waals surface area contributed by atoms with Gasteiger partial charge in [-0.05, 0) is 66.9 Å². The minimum atomic E-state index is -3.26. The Hall–Kier alpha value is -1.86. The van der Waals surface area contributed by atoms with Crippen molar-refractivity contribution in [3.63, 3.8) is 0 Å². The third-order valence-corrected chi connectivity index (χ3v) is 5.39. The Balaban J connectivity index is 1.59. The number of aryl methyl sites for hydroxylation is 1. The highest BCUT2D eigenvalue weighted by Crippen LogP contribution is 2.54. The predicted octanol–water partition coefficient (Wildman–Crippen LogP) is 4.75. The van der Waals surface area contributed by atoms with Crippen molar-refractivity contribution < 1.29 is 18.3 Å². The number of nitrogens with one attached hydrogen (secondary N) is 1. The molecule has 4 nitrogen and oxygen atoms in total. The molecule has 8 heteroatoms. The van der Waals surface area contributed by atoms with Crippen LogP contribution in [-0.2, 0) is 10.2 Å². The number of benzene rings is 1. The van der Waals surface area contributed by atoms with E-state index in [1.165, 1.54) is 6.07 Å². The number of hydrogen-bond acceptors (Lipinski definition) is 4. The van der Waals surface area contributed by atoms with Crippen LogP contribution in [0.15, 0.2) is 35.2 Å². The summed E-state index contributed by atoms with van der Waals surface area (Å²) in [6.07, 6.45) is 1.28. The van der Waals surface area contributed by atoms with Crippen LogP contribution >= 0.6 is 23.4 Å². The van der Waals surface area contributed by atoms with Gasteiger partial charge in [0.2, 0.25) is 5.91 Å². The van der Waals surface area contributed by atoms with Gasteiger partial charge in [-0.3, -0.25) is 4.79 Å². The van der Waals surface area contributed by atoms with Gasteiger partial charge in [0.1, 0.15) is 16.7 Å². The van der Waals surface area contributed by atoms with Crippen LogP contribution in [0.5, 0.6) is 5.75 Å². The largest absolute Gasteiger partial charge is 0.457 e. The van der Waals surface area contributed by atoms with Crippen molar-refractivity contribution in [1.29, 1.82) is 0 Å². The molecule has 0 unspecified atom stereocenters. The number of halogens is 3. The molecule has 2 aromatic rings. The van der Waals surface area contributed by atoms with Crippen molar-refractivity contribution in [2.75, 3.05) is 5.32 Å². The third-order valence-electron chi connectivity index (χ3n) is 4.32. The summed E-state index contributed by atoms with van der Waals surface area (Å²) in [5, 5.41) is 3.08. The van der Waals surface area contributed by atoms with Crippen molar-refractivity contribution in [2.24, 2.45) is 0 Å². The Morgan fingerprint density at radius 2 is 2.08 bits per heavy atom. The number of amides is 1. The second-order valence-corrected chi connectivity index (χ2v) is 7.72. The first-order chi connectivity index (χ1) is 11.8. The van der Waals surface area contributed by atoms with Gasteiger partial charge in [0.15, 0.2) is 0 Å². The van der Waals surface area contributed by atoms with E-state index in [-0.39, 0.29) is 11.7 Å². The molecule has 0 spiro atoms. The van der Waals surface area contributed by atoms with E-state index in [9.17, 15) is 13.6 Å². The van der Waals surface area contributed by atoms with Gasteiger partial charge in [0, 0.05) is 0 Å². The highest BCUT2D eigenvalue weighted by molar-refractivity contribution is 8.00. The van der Waals surface area contributed by atoms with Crippen LogP contribution in [0.25, 0.3) is 0 Å². The molecule has 0 saturated heterocycles. The van der Waals surface area contributed by atoms with E-state index in [2.05, 4.69) is 15.0 Å². The number of nitrogens with zero attached hydrogens (tertiary/aromatic N) is 1. The number of ether oxygens (including phenoxy) is 1. The number of hydrogen-bond donors (Lipinski definition) is 1. The molecule has 1 aliphatic carbocycles. The van der Waals surface area contributed by atoms with Gasteiger partial charge in [0.25, 0.3) is 0 Å². The number of alkyl halides is 2. The van der Waals surface area contributed by atoms with Crippen molar-refractivity contribution >= 4 is 35.1 Å². The standard InChI is InChI=1S/C17H13ClF2N2O2S/c1-9-6-13(18)21-14(7-9)22-15(23)16(4-5-16)10-2-3-12-11(8-10)24-17(19,20)25-12/h2-3,6-8H,4-5H2,1H3,(H,21,22,23). The number of aromatic nitrogens is 1. The number of carbonyl (C=O) groups is 1. The number of fused-ring (bicyclic) bond motifs is 1. The first-order valence-corrected chi connectivity index (χ1v) is 8.83. The van der Waals surface area contributed by atoms with E-state index in [0.717, 1.165) is 5.56 Å². The van der Waals surface area contributed by atoms with Crippen molar-refractivity contribution in [3.8, 4) is 5.75 Å². The summed E-state index contributed by atoms with van der Waals surface area (Å²) in [5.74, 6) is 0.267. The van der Waals surface area contributed by atoms with Gasteiger partial charge < -0.3 is 10.1 Å². The highest BCUT2D eigenvalue weighted by atomic mass is 35.5. The minimum Gasteiger partial charge on any atom is -0.423 e. The SMILES string of the molecule is Cc1cc(Cl)nc(NC(=O)C2(c3ccc4c(c3)OC(F)(F)S4)CC2)c1. The van der Waals surface area contributed by atoms with E-state index in [4.69, 9.17) is 11.6 Å². The van der Waals surface area contributed by atoms with E-state index in [1.807, 2.05) is 6.92 Å². The molecule has 130 valence electrons. The molecule has 1 aromatic heterocycles. The van der Waals surface area contributed by atoms with Gasteiger partial charge in [-0.2, -0.15) is 8.78 Å². The summed E-state index contributed by atoms with van der Waals surface area (Å²) in [7, 11) is 0. The molecule has 1 aromatic carbocycles. The fraction of sp³-hybridized carbons (Fsp3) is 0.294. The minimum absolute atomic E-state index is 0.114. The Morgan fingerprint density at radius 3 is 2.76 bits per heavy atom. The molecule has 0 radical (unpaired) electrons. The van der Waals surface area contributed by atoms with Gasteiger partial charge in [0.05, 0.1) is 10.3 Å². The summed E-state index contributed by atoms with van der Waals surface area (Å²) < 4.78 is 31.3. The number of carbonyl (C=O) groups excluding carboxylic acids is 1. The zero-order valence-electron chi connectivity index (χ0n) is 13.1. The molecule has 1 amide bonds. The van der Waals surface area contributed by atoms with Crippen LogP contribution in [0, 0.1) is 6.92 Å². The van der Waals surface area contributed by atoms with Crippen LogP contribution in [0.3, 0.4) is 0 Å². The van der Waals surface area contributed by atoms with Crippen LogP contribution in [0.4, 0.5) is 14.6 Å². The van der Waals surface area contributed by atoms with Crippen LogP contribution < -0.4 is 10.1 Å². The molecule has 2 aliphatic rings. The topological polar surface area (TPSA) is 51.2 Å². The third kappa shape index (κ3) is 3.06. The van der Waals surface area contributed by atoms with Gasteiger partial charge in [-0.1, -0.05) is 17.7 Å². The summed E-state index contributed by atoms with van der Waals surface area (Å²) in [5.41, 5.74) is -2.45. The molecule has 25 heavy (non-hydrogen) atoms. The maximum atomic E-state index is 13.3. The van der Waals surface area contributed by atoms with Crippen LogP contribution in [0.2, 0.25) is 5.15 Å². The average molecular weight is 383 g/mol. The van der Waals surface area contributed by atoms with E-state index >= 15 is 0 Å². The molecule has 2 heterocycles.